The summed E-state index contributed by atoms with van der Waals surface area (Å²) >= 11 is 0. The molecule has 14 nitrogen and oxygen atoms in total. The van der Waals surface area contributed by atoms with Crippen LogP contribution in [0.4, 0.5) is 11.4 Å². The van der Waals surface area contributed by atoms with Gasteiger partial charge in [-0.25, -0.2) is 9.03 Å². The lowest BCUT2D eigenvalue weighted by atomic mass is 10.0. The second-order valence-corrected chi connectivity index (χ2v) is 18.8. The van der Waals surface area contributed by atoms with E-state index < -0.39 is 0 Å². The molecule has 12 rings (SSSR count). The van der Waals surface area contributed by atoms with Crippen LogP contribution < -0.4 is 15.1 Å². The Morgan fingerprint density at radius 2 is 1.06 bits per heavy atom. The number of carbonyl (C=O) groups is 2. The number of nitrogens with zero attached hydrogens (tertiary/aromatic N) is 9. The number of hydrogen-bond donors (Lipinski definition) is 1. The fourth-order valence-corrected chi connectivity index (χ4v) is 10.1. The number of anilines is 2. The minimum absolute atomic E-state index is 0. The molecule has 68 heavy (non-hydrogen) atoms. The predicted octanol–water partition coefficient (Wildman–Crippen LogP) is 7.45. The maximum Gasteiger partial charge on any atom is 0.225 e. The molecule has 4 aromatic heterocycles. The summed E-state index contributed by atoms with van der Waals surface area (Å²) in [7, 11) is 0. The second-order valence-electron chi connectivity index (χ2n) is 18.8. The number of fused-ring (bicyclic) bond motifs is 2. The number of rotatable bonds is 9. The fourth-order valence-electron chi connectivity index (χ4n) is 10.1. The summed E-state index contributed by atoms with van der Waals surface area (Å²) in [6, 6.07) is 26.1. The highest BCUT2D eigenvalue weighted by Crippen LogP contribution is 2.35. The maximum atomic E-state index is 12.4. The molecule has 4 aliphatic heterocycles. The molecule has 2 saturated carbocycles. The summed E-state index contributed by atoms with van der Waals surface area (Å²) in [6.45, 7) is 15.3. The summed E-state index contributed by atoms with van der Waals surface area (Å²) in [5.41, 5.74) is 11.7. The SMILES string of the molecule is C.C.CCN1CCOC(c2ccc(-c3cc4c(N5CCN(C(=O)C6CC6)CC5)ccnn4c3)cc2)C1.O=C(C1CC1)N1CCN(c2ccnn3cc(-c4ccc(C5CNCCO5)cc4)cc23)CC1. The van der Waals surface area contributed by atoms with Crippen molar-refractivity contribution >= 4 is 34.2 Å². The molecule has 2 amide bonds. The van der Waals surface area contributed by atoms with Gasteiger partial charge >= 0.3 is 0 Å². The minimum Gasteiger partial charge on any atom is -0.371 e. The monoisotopic (exact) mass is 923 g/mol. The third-order valence-electron chi connectivity index (χ3n) is 14.4. The Bertz CT molecular complexity index is 2630. The third kappa shape index (κ3) is 10.1. The van der Waals surface area contributed by atoms with E-state index in [1.54, 1.807) is 0 Å². The molecule has 2 aromatic carbocycles. The van der Waals surface area contributed by atoms with Gasteiger partial charge < -0.3 is 34.4 Å². The van der Waals surface area contributed by atoms with Gasteiger partial charge in [0.2, 0.25) is 11.8 Å². The molecule has 0 spiro atoms. The predicted molar refractivity (Wildman–Crippen MR) is 270 cm³/mol. The first-order valence-electron chi connectivity index (χ1n) is 24.3. The van der Waals surface area contributed by atoms with Gasteiger partial charge in [-0.1, -0.05) is 70.3 Å². The lowest BCUT2D eigenvalue weighted by Gasteiger charge is -2.36. The highest BCUT2D eigenvalue weighted by molar-refractivity contribution is 5.84. The quantitative estimate of drug-likeness (QED) is 0.157. The van der Waals surface area contributed by atoms with Crippen molar-refractivity contribution in [1.82, 2.24) is 39.2 Å². The van der Waals surface area contributed by atoms with Gasteiger partial charge in [-0.2, -0.15) is 10.2 Å². The van der Waals surface area contributed by atoms with Crippen LogP contribution in [0.25, 0.3) is 33.3 Å². The molecule has 6 aliphatic rings. The van der Waals surface area contributed by atoms with Crippen LogP contribution in [0.1, 0.15) is 70.8 Å². The molecule has 6 aromatic rings. The number of likely N-dealkylation sites (N-methyl/N-ethyl adjacent to an activating group) is 1. The van der Waals surface area contributed by atoms with Gasteiger partial charge in [0, 0.05) is 126 Å². The van der Waals surface area contributed by atoms with Crippen LogP contribution >= 0.6 is 0 Å². The standard InChI is InChI=1S/C27H33N5O2.C25H29N5O2.2CH4/c1-2-29-15-16-34-26(19-29)21-5-3-20(4-6-21)23-17-25-24(9-10-28-32(25)18-23)30-11-13-31(14-12-30)27(33)22-7-8-22;31-25(20-5-6-20)29-12-10-28(11-13-29)22-7-8-27-30-17-21(15-23(22)30)18-1-3-19(4-2-18)24-16-26-9-14-32-24;;/h3-6,9-10,17-18,22,26H,2,7-8,11-16,19H2,1H3;1-4,7-8,15,17,20,24,26H,5-6,9-14,16H2;2*1H4. The molecular weight excluding hydrogens is 853 g/mol. The maximum absolute atomic E-state index is 12.4. The topological polar surface area (TPSA) is 115 Å². The molecular formula is C54H70N10O4. The van der Waals surface area contributed by atoms with Crippen LogP contribution in [0, 0.1) is 11.8 Å². The van der Waals surface area contributed by atoms with E-state index in [9.17, 15) is 9.59 Å². The van der Waals surface area contributed by atoms with Gasteiger partial charge in [0.05, 0.1) is 47.8 Å². The number of nitrogens with one attached hydrogen (secondary N) is 1. The second kappa shape index (κ2) is 20.8. The lowest BCUT2D eigenvalue weighted by Crippen LogP contribution is -2.49. The molecule has 0 radical (unpaired) electrons. The molecule has 0 bridgehead atoms. The zero-order chi connectivity index (χ0) is 44.6. The van der Waals surface area contributed by atoms with Crippen LogP contribution in [-0.2, 0) is 19.1 Å². The third-order valence-corrected chi connectivity index (χ3v) is 14.4. The summed E-state index contributed by atoms with van der Waals surface area (Å²) in [4.78, 5) is 36.1. The smallest absolute Gasteiger partial charge is 0.225 e. The summed E-state index contributed by atoms with van der Waals surface area (Å²) < 4.78 is 15.8. The largest absolute Gasteiger partial charge is 0.371 e. The normalized spacial score (nSPS) is 21.2. The van der Waals surface area contributed by atoms with Gasteiger partial charge in [0.1, 0.15) is 0 Å². The first kappa shape index (κ1) is 47.3. The first-order chi connectivity index (χ1) is 32.5. The number of carbonyl (C=O) groups excluding carboxylic acids is 2. The number of piperazine rings is 2. The van der Waals surface area contributed by atoms with Gasteiger partial charge in [0.15, 0.2) is 0 Å². The van der Waals surface area contributed by atoms with Gasteiger partial charge in [-0.3, -0.25) is 14.5 Å². The van der Waals surface area contributed by atoms with Crippen molar-refractivity contribution in [2.45, 2.75) is 59.7 Å². The zero-order valence-corrected chi connectivity index (χ0v) is 38.1. The number of amides is 2. The van der Waals surface area contributed by atoms with Gasteiger partial charge in [0.25, 0.3) is 0 Å². The molecule has 360 valence electrons. The molecule has 8 heterocycles. The number of ether oxygens (including phenoxy) is 2. The fraction of sp³-hybridized carbons (Fsp3) is 0.481. The van der Waals surface area contributed by atoms with Crippen molar-refractivity contribution in [2.75, 3.05) is 108 Å². The first-order valence-corrected chi connectivity index (χ1v) is 24.3. The summed E-state index contributed by atoms with van der Waals surface area (Å²) in [6.07, 6.45) is 12.5. The highest BCUT2D eigenvalue weighted by Gasteiger charge is 2.36. The van der Waals surface area contributed by atoms with Crippen molar-refractivity contribution in [3.05, 3.63) is 109 Å². The van der Waals surface area contributed by atoms with Crippen LogP contribution in [0.5, 0.6) is 0 Å². The Kier molecular flexibility index (Phi) is 14.5. The molecule has 2 atom stereocenters. The van der Waals surface area contributed by atoms with Crippen LogP contribution in [0.15, 0.2) is 97.6 Å². The van der Waals surface area contributed by atoms with E-state index in [0.29, 0.717) is 23.7 Å². The lowest BCUT2D eigenvalue weighted by molar-refractivity contribution is -0.133. The van der Waals surface area contributed by atoms with Crippen molar-refractivity contribution < 1.29 is 19.1 Å². The van der Waals surface area contributed by atoms with E-state index in [-0.39, 0.29) is 27.1 Å². The van der Waals surface area contributed by atoms with Crippen LogP contribution in [0.2, 0.25) is 0 Å². The Morgan fingerprint density at radius 3 is 1.50 bits per heavy atom. The Hall–Kier alpha value is -5.80. The summed E-state index contributed by atoms with van der Waals surface area (Å²) in [5.74, 6) is 1.31. The summed E-state index contributed by atoms with van der Waals surface area (Å²) in [5, 5.41) is 12.5. The van der Waals surface area contributed by atoms with Crippen molar-refractivity contribution in [3.63, 3.8) is 0 Å². The van der Waals surface area contributed by atoms with Crippen molar-refractivity contribution in [2.24, 2.45) is 11.8 Å². The van der Waals surface area contributed by atoms with Crippen molar-refractivity contribution in [3.8, 4) is 22.3 Å². The molecule has 14 heteroatoms. The van der Waals surface area contributed by atoms with E-state index in [0.717, 1.165) is 146 Å². The number of benzene rings is 2. The zero-order valence-electron chi connectivity index (χ0n) is 38.1. The molecule has 2 unspecified atom stereocenters. The molecule has 1 N–H and O–H groups in total. The molecule has 4 saturated heterocycles. The minimum atomic E-state index is 0. The van der Waals surface area contributed by atoms with Gasteiger partial charge in [-0.15, -0.1) is 0 Å². The molecule has 6 fully saturated rings. The number of aromatic nitrogens is 4. The van der Waals surface area contributed by atoms with E-state index >= 15 is 0 Å². The van der Waals surface area contributed by atoms with E-state index in [2.05, 4.69) is 122 Å². The molecule has 2 aliphatic carbocycles. The van der Waals surface area contributed by atoms with Gasteiger partial charge in [-0.05, 0) is 78.7 Å². The highest BCUT2D eigenvalue weighted by atomic mass is 16.5. The van der Waals surface area contributed by atoms with Crippen LogP contribution in [0.3, 0.4) is 0 Å². The van der Waals surface area contributed by atoms with E-state index in [1.807, 2.05) is 31.2 Å². The van der Waals surface area contributed by atoms with E-state index in [4.69, 9.17) is 9.47 Å². The van der Waals surface area contributed by atoms with E-state index in [1.165, 1.54) is 33.6 Å². The number of hydrogen-bond acceptors (Lipinski definition) is 10. The van der Waals surface area contributed by atoms with Crippen molar-refractivity contribution in [1.29, 1.82) is 0 Å². The average Bonchev–Trinajstić information content (AvgIpc) is 4.33. The Labute approximate surface area is 401 Å². The number of morpholine rings is 2. The Balaban J connectivity index is 0.000000165. The van der Waals surface area contributed by atoms with Crippen LogP contribution in [-0.4, -0.2) is 144 Å². The Morgan fingerprint density at radius 1 is 0.588 bits per heavy atom. The average molecular weight is 923 g/mol.